The standard InChI is InChI=1S/C20H23N5O/c1-4-24-13-18(12-21-24)10-11-19(26)22-20-15(2)23-25(16(20)3)14-17-8-6-5-7-9-17/h5-13H,4,14H2,1-3H3,(H,22,26)/b11-10+. The zero-order valence-electron chi connectivity index (χ0n) is 15.3. The van der Waals surface area contributed by atoms with Crippen molar-refractivity contribution in [2.45, 2.75) is 33.9 Å². The largest absolute Gasteiger partial charge is 0.319 e. The maximum absolute atomic E-state index is 12.3. The molecule has 0 aliphatic carbocycles. The van der Waals surface area contributed by atoms with Gasteiger partial charge in [0.1, 0.15) is 0 Å². The molecule has 0 fully saturated rings. The van der Waals surface area contributed by atoms with Gasteiger partial charge in [0.15, 0.2) is 0 Å². The zero-order chi connectivity index (χ0) is 18.5. The molecule has 0 unspecified atom stereocenters. The van der Waals surface area contributed by atoms with Crippen LogP contribution >= 0.6 is 0 Å². The lowest BCUT2D eigenvalue weighted by atomic mass is 10.2. The summed E-state index contributed by atoms with van der Waals surface area (Å²) in [5.41, 5.74) is 4.57. The second-order valence-corrected chi connectivity index (χ2v) is 6.14. The molecule has 0 aliphatic rings. The number of rotatable bonds is 6. The zero-order valence-corrected chi connectivity index (χ0v) is 15.3. The Morgan fingerprint density at radius 1 is 1.23 bits per heavy atom. The van der Waals surface area contributed by atoms with Gasteiger partial charge in [0.25, 0.3) is 0 Å². The molecule has 1 aromatic carbocycles. The molecular weight excluding hydrogens is 326 g/mol. The number of nitrogens with one attached hydrogen (secondary N) is 1. The highest BCUT2D eigenvalue weighted by atomic mass is 16.1. The van der Waals surface area contributed by atoms with Crippen molar-refractivity contribution in [2.75, 3.05) is 5.32 Å². The number of aryl methyl sites for hydroxylation is 2. The molecule has 3 rings (SSSR count). The van der Waals surface area contributed by atoms with Crippen LogP contribution in [-0.2, 0) is 17.9 Å². The quantitative estimate of drug-likeness (QED) is 0.694. The van der Waals surface area contributed by atoms with Gasteiger partial charge < -0.3 is 5.32 Å². The Morgan fingerprint density at radius 3 is 2.69 bits per heavy atom. The molecule has 6 heteroatoms. The lowest BCUT2D eigenvalue weighted by Crippen LogP contribution is -2.10. The third-order valence-electron chi connectivity index (χ3n) is 4.21. The Balaban J connectivity index is 1.70. The van der Waals surface area contributed by atoms with E-state index in [1.165, 1.54) is 11.6 Å². The van der Waals surface area contributed by atoms with E-state index in [0.717, 1.165) is 29.2 Å². The minimum absolute atomic E-state index is 0.181. The lowest BCUT2D eigenvalue weighted by Gasteiger charge is -2.06. The summed E-state index contributed by atoms with van der Waals surface area (Å²) in [6, 6.07) is 10.1. The van der Waals surface area contributed by atoms with Crippen molar-refractivity contribution < 1.29 is 4.79 Å². The predicted molar refractivity (Wildman–Crippen MR) is 103 cm³/mol. The highest BCUT2D eigenvalue weighted by Gasteiger charge is 2.13. The Labute approximate surface area is 153 Å². The topological polar surface area (TPSA) is 64.7 Å². The van der Waals surface area contributed by atoms with E-state index < -0.39 is 0 Å². The summed E-state index contributed by atoms with van der Waals surface area (Å²) in [4.78, 5) is 12.3. The van der Waals surface area contributed by atoms with Gasteiger partial charge in [-0.1, -0.05) is 30.3 Å². The Bertz CT molecular complexity index is 921. The molecule has 1 N–H and O–H groups in total. The van der Waals surface area contributed by atoms with Gasteiger partial charge in [0, 0.05) is 24.4 Å². The van der Waals surface area contributed by atoms with Gasteiger partial charge in [-0.05, 0) is 32.4 Å². The van der Waals surface area contributed by atoms with Gasteiger partial charge >= 0.3 is 0 Å². The molecule has 6 nitrogen and oxygen atoms in total. The maximum Gasteiger partial charge on any atom is 0.248 e. The SMILES string of the molecule is CCn1cc(/C=C/C(=O)Nc2c(C)nn(Cc3ccccc3)c2C)cn1. The first-order chi connectivity index (χ1) is 12.6. The minimum atomic E-state index is -0.181. The van der Waals surface area contributed by atoms with Gasteiger partial charge in [-0.15, -0.1) is 0 Å². The number of carbonyl (C=O) groups is 1. The van der Waals surface area contributed by atoms with Gasteiger partial charge in [-0.2, -0.15) is 10.2 Å². The molecular formula is C20H23N5O. The molecule has 0 bridgehead atoms. The molecule has 134 valence electrons. The molecule has 0 saturated carbocycles. The van der Waals surface area contributed by atoms with E-state index in [1.807, 2.05) is 54.5 Å². The van der Waals surface area contributed by atoms with Gasteiger partial charge in [0.2, 0.25) is 5.91 Å². The van der Waals surface area contributed by atoms with Crippen LogP contribution in [0.5, 0.6) is 0 Å². The predicted octanol–water partition coefficient (Wildman–Crippen LogP) is 3.42. The van der Waals surface area contributed by atoms with Gasteiger partial charge in [-0.25, -0.2) is 0 Å². The summed E-state index contributed by atoms with van der Waals surface area (Å²) < 4.78 is 3.73. The number of aromatic nitrogens is 4. The van der Waals surface area contributed by atoms with Crippen LogP contribution in [0.2, 0.25) is 0 Å². The van der Waals surface area contributed by atoms with Gasteiger partial charge in [0.05, 0.1) is 29.8 Å². The molecule has 2 aromatic heterocycles. The maximum atomic E-state index is 12.3. The van der Waals surface area contributed by atoms with Crippen LogP contribution < -0.4 is 5.32 Å². The van der Waals surface area contributed by atoms with E-state index in [-0.39, 0.29) is 5.91 Å². The summed E-state index contributed by atoms with van der Waals surface area (Å²) in [5.74, 6) is -0.181. The first kappa shape index (κ1) is 17.7. The highest BCUT2D eigenvalue weighted by Crippen LogP contribution is 2.20. The van der Waals surface area contributed by atoms with E-state index in [1.54, 1.807) is 12.3 Å². The number of anilines is 1. The average Bonchev–Trinajstić information content (AvgIpc) is 3.21. The summed E-state index contributed by atoms with van der Waals surface area (Å²) in [6.07, 6.45) is 6.91. The normalized spacial score (nSPS) is 11.2. The van der Waals surface area contributed by atoms with E-state index in [4.69, 9.17) is 0 Å². The van der Waals surface area contributed by atoms with Crippen molar-refractivity contribution in [3.05, 3.63) is 71.3 Å². The van der Waals surface area contributed by atoms with Crippen LogP contribution in [-0.4, -0.2) is 25.5 Å². The summed E-state index contributed by atoms with van der Waals surface area (Å²) in [7, 11) is 0. The fourth-order valence-electron chi connectivity index (χ4n) is 2.76. The first-order valence-electron chi connectivity index (χ1n) is 8.66. The summed E-state index contributed by atoms with van der Waals surface area (Å²) >= 11 is 0. The second-order valence-electron chi connectivity index (χ2n) is 6.14. The van der Waals surface area contributed by atoms with Crippen LogP contribution in [0.1, 0.15) is 29.4 Å². The van der Waals surface area contributed by atoms with Crippen LogP contribution in [0, 0.1) is 13.8 Å². The molecule has 0 aliphatic heterocycles. The van der Waals surface area contributed by atoms with Crippen molar-refractivity contribution in [3.8, 4) is 0 Å². The fraction of sp³-hybridized carbons (Fsp3) is 0.250. The molecule has 0 spiro atoms. The molecule has 0 saturated heterocycles. The number of nitrogens with zero attached hydrogens (tertiary/aromatic N) is 4. The van der Waals surface area contributed by atoms with Crippen LogP contribution in [0.4, 0.5) is 5.69 Å². The Hall–Kier alpha value is -3.15. The Morgan fingerprint density at radius 2 is 2.00 bits per heavy atom. The Kier molecular flexibility index (Phi) is 5.31. The molecule has 1 amide bonds. The summed E-state index contributed by atoms with van der Waals surface area (Å²) in [5, 5.41) is 11.7. The van der Waals surface area contributed by atoms with Crippen LogP contribution in [0.15, 0.2) is 48.8 Å². The van der Waals surface area contributed by atoms with Crippen molar-refractivity contribution in [2.24, 2.45) is 0 Å². The second kappa shape index (κ2) is 7.82. The molecule has 3 aromatic rings. The van der Waals surface area contributed by atoms with Crippen molar-refractivity contribution in [3.63, 3.8) is 0 Å². The fourth-order valence-corrected chi connectivity index (χ4v) is 2.76. The van der Waals surface area contributed by atoms with Crippen molar-refractivity contribution in [1.29, 1.82) is 0 Å². The van der Waals surface area contributed by atoms with E-state index >= 15 is 0 Å². The van der Waals surface area contributed by atoms with E-state index in [2.05, 4.69) is 27.6 Å². The smallest absolute Gasteiger partial charge is 0.248 e. The van der Waals surface area contributed by atoms with E-state index in [9.17, 15) is 4.79 Å². The molecule has 2 heterocycles. The first-order valence-corrected chi connectivity index (χ1v) is 8.66. The van der Waals surface area contributed by atoms with Crippen LogP contribution in [0.3, 0.4) is 0 Å². The van der Waals surface area contributed by atoms with Crippen LogP contribution in [0.25, 0.3) is 6.08 Å². The minimum Gasteiger partial charge on any atom is -0.319 e. The summed E-state index contributed by atoms with van der Waals surface area (Å²) in [6.45, 7) is 7.37. The number of carbonyl (C=O) groups excluding carboxylic acids is 1. The lowest BCUT2D eigenvalue weighted by molar-refractivity contribution is -0.111. The molecule has 0 atom stereocenters. The monoisotopic (exact) mass is 349 g/mol. The highest BCUT2D eigenvalue weighted by molar-refractivity contribution is 6.02. The average molecular weight is 349 g/mol. The third kappa shape index (κ3) is 4.08. The van der Waals surface area contributed by atoms with Crippen molar-refractivity contribution >= 4 is 17.7 Å². The third-order valence-corrected chi connectivity index (χ3v) is 4.21. The number of amides is 1. The van der Waals surface area contributed by atoms with E-state index in [0.29, 0.717) is 6.54 Å². The molecule has 26 heavy (non-hydrogen) atoms. The molecule has 0 radical (unpaired) electrons. The number of hydrogen-bond donors (Lipinski definition) is 1. The number of hydrogen-bond acceptors (Lipinski definition) is 3. The number of benzene rings is 1. The van der Waals surface area contributed by atoms with Gasteiger partial charge in [-0.3, -0.25) is 14.2 Å². The van der Waals surface area contributed by atoms with Crippen molar-refractivity contribution in [1.82, 2.24) is 19.6 Å².